The van der Waals surface area contributed by atoms with Gasteiger partial charge in [0.2, 0.25) is 0 Å². The molecule has 0 atom stereocenters. The molecule has 0 bridgehead atoms. The number of benzene rings is 1. The smallest absolute Gasteiger partial charge is 0.285 e. The van der Waals surface area contributed by atoms with Crippen molar-refractivity contribution in [3.63, 3.8) is 0 Å². The second kappa shape index (κ2) is 3.46. The SMILES string of the molecule is Nc1ccc2c(c1)S(=O)(=O)N=CN2C1CCC1. The third kappa shape index (κ3) is 1.59. The van der Waals surface area contributed by atoms with Gasteiger partial charge in [-0.3, -0.25) is 0 Å². The highest BCUT2D eigenvalue weighted by atomic mass is 32.2. The van der Waals surface area contributed by atoms with E-state index < -0.39 is 10.0 Å². The van der Waals surface area contributed by atoms with E-state index in [1.54, 1.807) is 12.1 Å². The summed E-state index contributed by atoms with van der Waals surface area (Å²) in [5.41, 5.74) is 6.77. The van der Waals surface area contributed by atoms with Crippen LogP contribution < -0.4 is 10.6 Å². The fourth-order valence-corrected chi connectivity index (χ4v) is 3.20. The molecule has 1 fully saturated rings. The number of anilines is 2. The first-order valence-electron chi connectivity index (χ1n) is 5.56. The Balaban J connectivity index is 2.15. The van der Waals surface area contributed by atoms with Crippen LogP contribution >= 0.6 is 0 Å². The van der Waals surface area contributed by atoms with Crippen LogP contribution in [0.2, 0.25) is 0 Å². The van der Waals surface area contributed by atoms with Gasteiger partial charge in [-0.25, -0.2) is 0 Å². The van der Waals surface area contributed by atoms with Crippen molar-refractivity contribution >= 4 is 27.7 Å². The Bertz CT molecular complexity index is 591. The standard InChI is InChI=1S/C11H13N3O2S/c12-8-4-5-10-11(6-8)17(15,16)13-7-14(10)9-2-1-3-9/h4-7,9H,1-3,12H2. The molecule has 5 nitrogen and oxygen atoms in total. The van der Waals surface area contributed by atoms with Crippen molar-refractivity contribution in [2.45, 2.75) is 30.2 Å². The van der Waals surface area contributed by atoms with Gasteiger partial charge in [0.1, 0.15) is 11.2 Å². The van der Waals surface area contributed by atoms with Crippen molar-refractivity contribution in [1.82, 2.24) is 0 Å². The molecule has 1 saturated carbocycles. The van der Waals surface area contributed by atoms with Crippen LogP contribution in [-0.4, -0.2) is 20.8 Å². The highest BCUT2D eigenvalue weighted by Crippen LogP contribution is 2.36. The third-order valence-corrected chi connectivity index (χ3v) is 4.57. The van der Waals surface area contributed by atoms with Gasteiger partial charge in [-0.05, 0) is 37.5 Å². The molecule has 6 heteroatoms. The number of nitrogens with two attached hydrogens (primary N) is 1. The molecule has 0 spiro atoms. The summed E-state index contributed by atoms with van der Waals surface area (Å²) in [5.74, 6) is 0. The number of nitrogen functional groups attached to an aromatic ring is 1. The van der Waals surface area contributed by atoms with Gasteiger partial charge in [-0.15, -0.1) is 4.40 Å². The maximum Gasteiger partial charge on any atom is 0.285 e. The van der Waals surface area contributed by atoms with Gasteiger partial charge in [-0.2, -0.15) is 8.42 Å². The van der Waals surface area contributed by atoms with Crippen LogP contribution in [0, 0.1) is 0 Å². The molecule has 17 heavy (non-hydrogen) atoms. The van der Waals surface area contributed by atoms with Gasteiger partial charge in [0.25, 0.3) is 10.0 Å². The Kier molecular flexibility index (Phi) is 2.16. The van der Waals surface area contributed by atoms with Crippen LogP contribution in [0.3, 0.4) is 0 Å². The molecular weight excluding hydrogens is 238 g/mol. The fourth-order valence-electron chi connectivity index (χ4n) is 2.14. The summed E-state index contributed by atoms with van der Waals surface area (Å²) >= 11 is 0. The molecule has 0 saturated heterocycles. The van der Waals surface area contributed by atoms with E-state index in [9.17, 15) is 8.42 Å². The lowest BCUT2D eigenvalue weighted by atomic mass is 9.91. The highest BCUT2D eigenvalue weighted by molar-refractivity contribution is 7.90. The van der Waals surface area contributed by atoms with Gasteiger partial charge in [0, 0.05) is 11.7 Å². The van der Waals surface area contributed by atoms with Crippen molar-refractivity contribution < 1.29 is 8.42 Å². The van der Waals surface area contributed by atoms with E-state index in [2.05, 4.69) is 4.40 Å². The van der Waals surface area contributed by atoms with Gasteiger partial charge in [-0.1, -0.05) is 0 Å². The Labute approximate surface area is 100 Å². The lowest BCUT2D eigenvalue weighted by Gasteiger charge is -2.38. The van der Waals surface area contributed by atoms with Crippen molar-refractivity contribution in [1.29, 1.82) is 0 Å². The minimum atomic E-state index is -3.57. The molecule has 2 N–H and O–H groups in total. The van der Waals surface area contributed by atoms with E-state index in [-0.39, 0.29) is 4.90 Å². The van der Waals surface area contributed by atoms with Crippen LogP contribution in [0.25, 0.3) is 0 Å². The summed E-state index contributed by atoms with van der Waals surface area (Å²) in [7, 11) is -3.57. The first kappa shape index (κ1) is 10.6. The maximum absolute atomic E-state index is 11.8. The molecule has 90 valence electrons. The second-order valence-electron chi connectivity index (χ2n) is 4.42. The first-order chi connectivity index (χ1) is 8.08. The predicted molar refractivity (Wildman–Crippen MR) is 66.7 cm³/mol. The minimum absolute atomic E-state index is 0.215. The zero-order valence-corrected chi connectivity index (χ0v) is 10.0. The van der Waals surface area contributed by atoms with Crippen LogP contribution in [-0.2, 0) is 10.0 Å². The predicted octanol–water partition coefficient (Wildman–Crippen LogP) is 1.36. The van der Waals surface area contributed by atoms with Crippen molar-refractivity contribution in [3.05, 3.63) is 18.2 Å². The number of fused-ring (bicyclic) bond motifs is 1. The lowest BCUT2D eigenvalue weighted by Crippen LogP contribution is -2.41. The summed E-state index contributed by atoms with van der Waals surface area (Å²) in [6.45, 7) is 0. The molecule has 3 rings (SSSR count). The number of nitrogens with zero attached hydrogens (tertiary/aromatic N) is 2. The minimum Gasteiger partial charge on any atom is -0.399 e. The quantitative estimate of drug-likeness (QED) is 0.765. The summed E-state index contributed by atoms with van der Waals surface area (Å²) in [4.78, 5) is 2.16. The number of hydrogen-bond donors (Lipinski definition) is 1. The van der Waals surface area contributed by atoms with Gasteiger partial charge >= 0.3 is 0 Å². The highest BCUT2D eigenvalue weighted by Gasteiger charge is 2.32. The monoisotopic (exact) mass is 251 g/mol. The largest absolute Gasteiger partial charge is 0.399 e. The van der Waals surface area contributed by atoms with Crippen LogP contribution in [0.5, 0.6) is 0 Å². The van der Waals surface area contributed by atoms with Gasteiger partial charge in [0.15, 0.2) is 0 Å². The Morgan fingerprint density at radius 2 is 2.12 bits per heavy atom. The Morgan fingerprint density at radius 3 is 2.76 bits per heavy atom. The molecule has 1 aliphatic heterocycles. The molecule has 2 aliphatic rings. The summed E-state index contributed by atoms with van der Waals surface area (Å²) in [6, 6.07) is 5.33. The fraction of sp³-hybridized carbons (Fsp3) is 0.364. The van der Waals surface area contributed by atoms with Crippen LogP contribution in [0.4, 0.5) is 11.4 Å². The van der Waals surface area contributed by atoms with Crippen molar-refractivity contribution in [2.24, 2.45) is 4.40 Å². The van der Waals surface area contributed by atoms with E-state index in [1.165, 1.54) is 18.8 Å². The van der Waals surface area contributed by atoms with Gasteiger partial charge in [0.05, 0.1) is 5.69 Å². The molecule has 1 heterocycles. The first-order valence-corrected chi connectivity index (χ1v) is 7.00. The lowest BCUT2D eigenvalue weighted by molar-refractivity contribution is 0.416. The number of sulfonamides is 1. The van der Waals surface area contributed by atoms with E-state index in [1.807, 2.05) is 4.90 Å². The topological polar surface area (TPSA) is 75.8 Å². The molecule has 1 aliphatic carbocycles. The second-order valence-corrected chi connectivity index (χ2v) is 6.02. The summed E-state index contributed by atoms with van der Waals surface area (Å²) in [5, 5.41) is 0. The molecular formula is C11H13N3O2S. The van der Waals surface area contributed by atoms with Crippen molar-refractivity contribution in [3.8, 4) is 0 Å². The molecule has 0 unspecified atom stereocenters. The number of hydrogen-bond acceptors (Lipinski definition) is 4. The van der Waals surface area contributed by atoms with Gasteiger partial charge < -0.3 is 10.6 Å². The maximum atomic E-state index is 11.8. The van der Waals surface area contributed by atoms with E-state index in [4.69, 9.17) is 5.73 Å². The van der Waals surface area contributed by atoms with E-state index in [0.717, 1.165) is 12.8 Å². The summed E-state index contributed by atoms with van der Waals surface area (Å²) in [6.07, 6.45) is 4.77. The average molecular weight is 251 g/mol. The Hall–Kier alpha value is -1.56. The molecule has 0 amide bonds. The van der Waals surface area contributed by atoms with Crippen LogP contribution in [0.1, 0.15) is 19.3 Å². The molecule has 0 radical (unpaired) electrons. The summed E-state index contributed by atoms with van der Waals surface area (Å²) < 4.78 is 27.3. The average Bonchev–Trinajstić information content (AvgIpc) is 2.20. The van der Waals surface area contributed by atoms with E-state index in [0.29, 0.717) is 17.4 Å². The number of rotatable bonds is 1. The zero-order valence-electron chi connectivity index (χ0n) is 9.20. The third-order valence-electron chi connectivity index (χ3n) is 3.32. The van der Waals surface area contributed by atoms with Crippen molar-refractivity contribution in [2.75, 3.05) is 10.6 Å². The van der Waals surface area contributed by atoms with E-state index >= 15 is 0 Å². The van der Waals surface area contributed by atoms with Crippen LogP contribution in [0.15, 0.2) is 27.5 Å². The normalized spacial score (nSPS) is 22.0. The zero-order chi connectivity index (χ0) is 12.0. The molecule has 1 aromatic rings. The Morgan fingerprint density at radius 1 is 1.35 bits per heavy atom. The molecule has 0 aromatic heterocycles. The molecule has 1 aromatic carbocycles.